The van der Waals surface area contributed by atoms with Gasteiger partial charge < -0.3 is 9.80 Å². The van der Waals surface area contributed by atoms with Gasteiger partial charge in [-0.15, -0.1) is 0 Å². The van der Waals surface area contributed by atoms with Crippen molar-refractivity contribution in [1.29, 1.82) is 0 Å². The number of nitrogens with zero attached hydrogens (tertiary/aromatic N) is 3. The molecule has 3 nitrogen and oxygen atoms in total. The molecule has 1 aliphatic rings. The third-order valence-corrected chi connectivity index (χ3v) is 3.33. The monoisotopic (exact) mass is 277 g/mol. The maximum Gasteiger partial charge on any atom is 0.129 e. The lowest BCUT2D eigenvalue weighted by atomic mass is 10.2. The molecule has 2 heterocycles. The Labute approximate surface area is 125 Å². The fourth-order valence-electron chi connectivity index (χ4n) is 2.72. The first-order valence-corrected chi connectivity index (χ1v) is 7.84. The summed E-state index contributed by atoms with van der Waals surface area (Å²) >= 11 is 0. The molecule has 1 aromatic rings. The van der Waals surface area contributed by atoms with Crippen molar-refractivity contribution in [1.82, 2.24) is 9.88 Å². The standard InChI is InChI=1S/C14H23N3.C3H8/c1-11-8-12(2)15-14(9-11)17-7-5-6-13(17)10-16(3)4;1-3-2/h8-9,13H,5-7,10H2,1-4H3;3H2,1-2H3. The third kappa shape index (κ3) is 5.12. The van der Waals surface area contributed by atoms with E-state index >= 15 is 0 Å². The first-order chi connectivity index (χ1) is 9.47. The van der Waals surface area contributed by atoms with Crippen LogP contribution in [-0.4, -0.2) is 43.1 Å². The summed E-state index contributed by atoms with van der Waals surface area (Å²) in [7, 11) is 4.29. The number of hydrogen-bond donors (Lipinski definition) is 0. The number of likely N-dealkylation sites (N-methyl/N-ethyl adjacent to an activating group) is 1. The number of aryl methyl sites for hydroxylation is 2. The van der Waals surface area contributed by atoms with E-state index in [4.69, 9.17) is 0 Å². The van der Waals surface area contributed by atoms with Crippen LogP contribution in [0.1, 0.15) is 44.4 Å². The Bertz CT molecular complexity index is 381. The molecule has 1 aliphatic heterocycles. The molecule has 0 bridgehead atoms. The third-order valence-electron chi connectivity index (χ3n) is 3.33. The molecule has 1 atom stereocenters. The van der Waals surface area contributed by atoms with E-state index in [-0.39, 0.29) is 0 Å². The lowest BCUT2D eigenvalue weighted by molar-refractivity contribution is 0.371. The van der Waals surface area contributed by atoms with Crippen LogP contribution in [0.2, 0.25) is 0 Å². The van der Waals surface area contributed by atoms with E-state index in [9.17, 15) is 0 Å². The zero-order valence-corrected chi connectivity index (χ0v) is 14.1. The van der Waals surface area contributed by atoms with E-state index in [1.807, 2.05) is 0 Å². The van der Waals surface area contributed by atoms with Gasteiger partial charge >= 0.3 is 0 Å². The highest BCUT2D eigenvalue weighted by molar-refractivity contribution is 5.44. The van der Waals surface area contributed by atoms with Crippen LogP contribution < -0.4 is 4.90 Å². The number of hydrogen-bond acceptors (Lipinski definition) is 3. The largest absolute Gasteiger partial charge is 0.352 e. The highest BCUT2D eigenvalue weighted by Crippen LogP contribution is 2.25. The van der Waals surface area contributed by atoms with E-state index in [1.165, 1.54) is 24.8 Å². The van der Waals surface area contributed by atoms with Gasteiger partial charge in [0, 0.05) is 24.8 Å². The van der Waals surface area contributed by atoms with Gasteiger partial charge in [0.25, 0.3) is 0 Å². The molecule has 1 unspecified atom stereocenters. The van der Waals surface area contributed by atoms with Crippen LogP contribution in [0.3, 0.4) is 0 Å². The summed E-state index contributed by atoms with van der Waals surface area (Å²) in [5.74, 6) is 1.16. The van der Waals surface area contributed by atoms with Gasteiger partial charge in [-0.2, -0.15) is 0 Å². The van der Waals surface area contributed by atoms with Crippen molar-refractivity contribution < 1.29 is 0 Å². The molecule has 20 heavy (non-hydrogen) atoms. The molecule has 0 spiro atoms. The van der Waals surface area contributed by atoms with Crippen molar-refractivity contribution in [3.8, 4) is 0 Å². The van der Waals surface area contributed by atoms with Crippen molar-refractivity contribution in [2.75, 3.05) is 32.1 Å². The Hall–Kier alpha value is -1.09. The molecule has 0 saturated carbocycles. The first-order valence-electron chi connectivity index (χ1n) is 7.84. The van der Waals surface area contributed by atoms with E-state index < -0.39 is 0 Å². The van der Waals surface area contributed by atoms with Gasteiger partial charge in [0.05, 0.1) is 0 Å². The summed E-state index contributed by atoms with van der Waals surface area (Å²) in [5.41, 5.74) is 2.43. The van der Waals surface area contributed by atoms with Crippen molar-refractivity contribution in [3.05, 3.63) is 23.4 Å². The van der Waals surface area contributed by atoms with Gasteiger partial charge in [-0.05, 0) is 58.5 Å². The van der Waals surface area contributed by atoms with Crippen LogP contribution in [0.5, 0.6) is 0 Å². The minimum absolute atomic E-state index is 0.624. The normalized spacial score (nSPS) is 18.1. The maximum absolute atomic E-state index is 4.68. The van der Waals surface area contributed by atoms with Gasteiger partial charge in [0.1, 0.15) is 5.82 Å². The summed E-state index contributed by atoms with van der Waals surface area (Å²) in [6.45, 7) is 10.7. The molecule has 2 rings (SSSR count). The van der Waals surface area contributed by atoms with Gasteiger partial charge in [-0.25, -0.2) is 4.98 Å². The molecule has 114 valence electrons. The van der Waals surface area contributed by atoms with E-state index in [0.717, 1.165) is 24.6 Å². The van der Waals surface area contributed by atoms with Gasteiger partial charge in [-0.3, -0.25) is 0 Å². The Balaban J connectivity index is 0.000000612. The van der Waals surface area contributed by atoms with Crippen molar-refractivity contribution in [2.24, 2.45) is 0 Å². The number of rotatable bonds is 3. The van der Waals surface area contributed by atoms with Gasteiger partial charge in [0.15, 0.2) is 0 Å². The average molecular weight is 277 g/mol. The average Bonchev–Trinajstić information content (AvgIpc) is 2.75. The second-order valence-electron chi connectivity index (χ2n) is 6.10. The fourth-order valence-corrected chi connectivity index (χ4v) is 2.72. The summed E-state index contributed by atoms with van der Waals surface area (Å²) < 4.78 is 0. The molecule has 0 N–H and O–H groups in total. The lowest BCUT2D eigenvalue weighted by Crippen LogP contribution is -2.38. The Morgan fingerprint density at radius 1 is 1.25 bits per heavy atom. The van der Waals surface area contributed by atoms with Crippen LogP contribution in [0, 0.1) is 13.8 Å². The molecule has 1 fully saturated rings. The summed E-state index contributed by atoms with van der Waals surface area (Å²) in [5, 5.41) is 0. The van der Waals surface area contributed by atoms with Crippen LogP contribution in [-0.2, 0) is 0 Å². The zero-order valence-electron chi connectivity index (χ0n) is 14.1. The van der Waals surface area contributed by atoms with E-state index in [1.54, 1.807) is 0 Å². The molecule has 0 aliphatic carbocycles. The number of aromatic nitrogens is 1. The van der Waals surface area contributed by atoms with Gasteiger partial charge in [0.2, 0.25) is 0 Å². The fraction of sp³-hybridized carbons (Fsp3) is 0.706. The topological polar surface area (TPSA) is 19.4 Å². The molecule has 1 saturated heterocycles. The minimum atomic E-state index is 0.624. The second-order valence-corrected chi connectivity index (χ2v) is 6.10. The molecule has 1 aromatic heterocycles. The number of anilines is 1. The maximum atomic E-state index is 4.68. The van der Waals surface area contributed by atoms with Crippen LogP contribution in [0.25, 0.3) is 0 Å². The SMILES string of the molecule is CCC.Cc1cc(C)nc(N2CCCC2CN(C)C)c1. The smallest absolute Gasteiger partial charge is 0.129 e. The molecule has 0 aromatic carbocycles. The van der Waals surface area contributed by atoms with E-state index in [0.29, 0.717) is 6.04 Å². The van der Waals surface area contributed by atoms with Crippen LogP contribution in [0.4, 0.5) is 5.82 Å². The predicted octanol–water partition coefficient (Wildman–Crippen LogP) is 3.65. The molecule has 0 amide bonds. The molecule has 0 radical (unpaired) electrons. The number of pyridine rings is 1. The van der Waals surface area contributed by atoms with E-state index in [2.05, 4.69) is 68.7 Å². The van der Waals surface area contributed by atoms with Crippen LogP contribution in [0.15, 0.2) is 12.1 Å². The summed E-state index contributed by atoms with van der Waals surface area (Å²) in [6.07, 6.45) is 3.82. The highest BCUT2D eigenvalue weighted by Gasteiger charge is 2.26. The second kappa shape index (κ2) is 8.25. The highest BCUT2D eigenvalue weighted by atomic mass is 15.3. The van der Waals surface area contributed by atoms with Crippen molar-refractivity contribution >= 4 is 5.82 Å². The van der Waals surface area contributed by atoms with Crippen LogP contribution >= 0.6 is 0 Å². The van der Waals surface area contributed by atoms with Crippen molar-refractivity contribution in [2.45, 2.75) is 53.0 Å². The first kappa shape index (κ1) is 17.0. The minimum Gasteiger partial charge on any atom is -0.352 e. The van der Waals surface area contributed by atoms with Gasteiger partial charge in [-0.1, -0.05) is 20.3 Å². The molecular weight excluding hydrogens is 246 g/mol. The lowest BCUT2D eigenvalue weighted by Gasteiger charge is -2.28. The Morgan fingerprint density at radius 2 is 1.90 bits per heavy atom. The summed E-state index contributed by atoms with van der Waals surface area (Å²) in [6, 6.07) is 4.97. The molecule has 3 heteroatoms. The zero-order chi connectivity index (χ0) is 15.1. The quantitative estimate of drug-likeness (QED) is 0.841. The Kier molecular flexibility index (Phi) is 7.00. The Morgan fingerprint density at radius 3 is 2.45 bits per heavy atom. The summed E-state index contributed by atoms with van der Waals surface area (Å²) in [4.78, 5) is 9.42. The molecular formula is C17H31N3. The predicted molar refractivity (Wildman–Crippen MR) is 88.6 cm³/mol. The van der Waals surface area contributed by atoms with Crippen molar-refractivity contribution in [3.63, 3.8) is 0 Å².